The summed E-state index contributed by atoms with van der Waals surface area (Å²) in [5.74, 6) is 0. The molecule has 0 N–H and O–H groups in total. The Morgan fingerprint density at radius 3 is 2.57 bits per heavy atom. The van der Waals surface area contributed by atoms with Gasteiger partial charge in [-0.1, -0.05) is 20.8 Å². The molecule has 2 heterocycles. The van der Waals surface area contributed by atoms with E-state index in [9.17, 15) is 0 Å². The van der Waals surface area contributed by atoms with Gasteiger partial charge in [0.2, 0.25) is 0 Å². The molecule has 2 rings (SSSR count). The Morgan fingerprint density at radius 2 is 1.93 bits per heavy atom. The minimum atomic E-state index is 0.281. The van der Waals surface area contributed by atoms with Gasteiger partial charge in [0.15, 0.2) is 0 Å². The van der Waals surface area contributed by atoms with Gasteiger partial charge in [-0.3, -0.25) is 4.90 Å². The van der Waals surface area contributed by atoms with E-state index >= 15 is 0 Å². The molecule has 0 atom stereocenters. The van der Waals surface area contributed by atoms with Crippen LogP contribution in [-0.2, 0) is 18.5 Å². The first kappa shape index (κ1) is 9.78. The molecular formula is C12H20N2. The molecule has 78 valence electrons. The Bertz CT molecular complexity index is 331. The summed E-state index contributed by atoms with van der Waals surface area (Å²) in [6.07, 6.45) is 2.32. The van der Waals surface area contributed by atoms with Crippen molar-refractivity contribution in [1.29, 1.82) is 0 Å². The predicted molar refractivity (Wildman–Crippen MR) is 59.5 cm³/mol. The first-order valence-corrected chi connectivity index (χ1v) is 5.35. The highest BCUT2D eigenvalue weighted by atomic mass is 15.2. The van der Waals surface area contributed by atoms with Crippen LogP contribution in [0.25, 0.3) is 0 Å². The van der Waals surface area contributed by atoms with Crippen LogP contribution in [-0.4, -0.2) is 23.1 Å². The minimum Gasteiger partial charge on any atom is -0.349 e. The molecule has 0 fully saturated rings. The van der Waals surface area contributed by atoms with Gasteiger partial charge in [0.05, 0.1) is 0 Å². The number of rotatable bonds is 0. The number of fused-ring (bicyclic) bond motifs is 1. The highest BCUT2D eigenvalue weighted by Crippen LogP contribution is 2.26. The molecule has 0 saturated carbocycles. The second-order valence-corrected chi connectivity index (χ2v) is 5.40. The molecule has 0 amide bonds. The molecule has 0 saturated heterocycles. The second kappa shape index (κ2) is 3.13. The summed E-state index contributed by atoms with van der Waals surface area (Å²) in [4.78, 5) is 2.38. The van der Waals surface area contributed by atoms with Crippen LogP contribution in [0.2, 0.25) is 0 Å². The number of hydrogen-bond donors (Lipinski definition) is 0. The molecule has 2 heteroatoms. The second-order valence-electron chi connectivity index (χ2n) is 5.40. The van der Waals surface area contributed by atoms with Crippen molar-refractivity contribution in [3.8, 4) is 0 Å². The van der Waals surface area contributed by atoms with Crippen molar-refractivity contribution in [2.75, 3.05) is 13.6 Å². The van der Waals surface area contributed by atoms with Crippen LogP contribution in [0, 0.1) is 0 Å². The zero-order valence-corrected chi connectivity index (χ0v) is 9.67. The molecule has 0 bridgehead atoms. The summed E-state index contributed by atoms with van der Waals surface area (Å²) >= 11 is 0. The van der Waals surface area contributed by atoms with Crippen LogP contribution in [0.15, 0.2) is 12.3 Å². The van der Waals surface area contributed by atoms with Gasteiger partial charge in [-0.15, -0.1) is 0 Å². The maximum Gasteiger partial charge on any atom is 0.0384 e. The van der Waals surface area contributed by atoms with E-state index in [0.717, 1.165) is 13.1 Å². The molecule has 1 aromatic heterocycles. The van der Waals surface area contributed by atoms with E-state index in [1.54, 1.807) is 0 Å². The predicted octanol–water partition coefficient (Wildman–Crippen LogP) is 2.23. The van der Waals surface area contributed by atoms with Crippen LogP contribution < -0.4 is 0 Å². The van der Waals surface area contributed by atoms with Gasteiger partial charge in [-0.2, -0.15) is 0 Å². The monoisotopic (exact) mass is 192 g/mol. The Morgan fingerprint density at radius 1 is 1.21 bits per heavy atom. The fourth-order valence-corrected chi connectivity index (χ4v) is 1.94. The van der Waals surface area contributed by atoms with Gasteiger partial charge >= 0.3 is 0 Å². The molecule has 1 aromatic rings. The topological polar surface area (TPSA) is 8.17 Å². The SMILES string of the molecule is CN1CCn2cc(C(C)(C)C)cc2C1. The number of aromatic nitrogens is 1. The van der Waals surface area contributed by atoms with Crippen molar-refractivity contribution >= 4 is 0 Å². The molecule has 1 aliphatic rings. The van der Waals surface area contributed by atoms with Crippen LogP contribution in [0.1, 0.15) is 32.0 Å². The van der Waals surface area contributed by atoms with Gasteiger partial charge in [0, 0.05) is 31.5 Å². The fraction of sp³-hybridized carbons (Fsp3) is 0.667. The molecule has 0 aliphatic carbocycles. The number of likely N-dealkylation sites (N-methyl/N-ethyl adjacent to an activating group) is 1. The Balaban J connectivity index is 2.32. The largest absolute Gasteiger partial charge is 0.349 e. The molecule has 2 nitrogen and oxygen atoms in total. The van der Waals surface area contributed by atoms with Crippen LogP contribution in [0.3, 0.4) is 0 Å². The lowest BCUT2D eigenvalue weighted by Crippen LogP contribution is -2.29. The third kappa shape index (κ3) is 1.71. The summed E-state index contributed by atoms with van der Waals surface area (Å²) in [6.45, 7) is 10.2. The standard InChI is InChI=1S/C12H20N2/c1-12(2,3)10-7-11-9-13(4)5-6-14(11)8-10/h7-8H,5-6,9H2,1-4H3. The quantitative estimate of drug-likeness (QED) is 0.612. The third-order valence-electron chi connectivity index (χ3n) is 3.01. The summed E-state index contributed by atoms with van der Waals surface area (Å²) in [5, 5.41) is 0. The smallest absolute Gasteiger partial charge is 0.0384 e. The van der Waals surface area contributed by atoms with E-state index in [0.29, 0.717) is 0 Å². The number of nitrogens with zero attached hydrogens (tertiary/aromatic N) is 2. The van der Waals surface area contributed by atoms with E-state index < -0.39 is 0 Å². The van der Waals surface area contributed by atoms with Crippen molar-refractivity contribution in [3.05, 3.63) is 23.5 Å². The van der Waals surface area contributed by atoms with E-state index in [1.165, 1.54) is 17.8 Å². The average Bonchev–Trinajstić information content (AvgIpc) is 2.45. The van der Waals surface area contributed by atoms with Crippen molar-refractivity contribution in [1.82, 2.24) is 9.47 Å². The van der Waals surface area contributed by atoms with Gasteiger partial charge < -0.3 is 4.57 Å². The lowest BCUT2D eigenvalue weighted by molar-refractivity contribution is 0.270. The maximum atomic E-state index is 2.40. The zero-order chi connectivity index (χ0) is 10.3. The first-order chi connectivity index (χ1) is 6.47. The van der Waals surface area contributed by atoms with E-state index in [4.69, 9.17) is 0 Å². The molecule has 0 radical (unpaired) electrons. The lowest BCUT2D eigenvalue weighted by atomic mass is 9.89. The van der Waals surface area contributed by atoms with Crippen molar-refractivity contribution < 1.29 is 0 Å². The Labute approximate surface area is 86.5 Å². The van der Waals surface area contributed by atoms with Gasteiger partial charge in [0.1, 0.15) is 0 Å². The third-order valence-corrected chi connectivity index (χ3v) is 3.01. The van der Waals surface area contributed by atoms with Crippen molar-refractivity contribution in [3.63, 3.8) is 0 Å². The summed E-state index contributed by atoms with van der Waals surface area (Å²) in [6, 6.07) is 2.36. The fourth-order valence-electron chi connectivity index (χ4n) is 1.94. The minimum absolute atomic E-state index is 0.281. The van der Waals surface area contributed by atoms with Gasteiger partial charge in [-0.05, 0) is 24.1 Å². The first-order valence-electron chi connectivity index (χ1n) is 5.35. The summed E-state index contributed by atoms with van der Waals surface area (Å²) < 4.78 is 2.40. The lowest BCUT2D eigenvalue weighted by Gasteiger charge is -2.24. The van der Waals surface area contributed by atoms with E-state index in [-0.39, 0.29) is 5.41 Å². The van der Waals surface area contributed by atoms with Gasteiger partial charge in [0.25, 0.3) is 0 Å². The number of hydrogen-bond acceptors (Lipinski definition) is 1. The zero-order valence-electron chi connectivity index (χ0n) is 9.67. The normalized spacial score (nSPS) is 18.3. The molecule has 0 unspecified atom stereocenters. The summed E-state index contributed by atoms with van der Waals surface area (Å²) in [7, 11) is 2.19. The highest BCUT2D eigenvalue weighted by Gasteiger charge is 2.20. The van der Waals surface area contributed by atoms with Crippen LogP contribution in [0.4, 0.5) is 0 Å². The Kier molecular flexibility index (Phi) is 2.18. The molecule has 0 spiro atoms. The molecular weight excluding hydrogens is 172 g/mol. The molecule has 14 heavy (non-hydrogen) atoms. The maximum absolute atomic E-state index is 2.40. The van der Waals surface area contributed by atoms with E-state index in [1.807, 2.05) is 0 Å². The molecule has 1 aliphatic heterocycles. The summed E-state index contributed by atoms with van der Waals surface area (Å²) in [5.41, 5.74) is 3.20. The van der Waals surface area contributed by atoms with Crippen LogP contribution >= 0.6 is 0 Å². The van der Waals surface area contributed by atoms with Crippen molar-refractivity contribution in [2.45, 2.75) is 39.3 Å². The van der Waals surface area contributed by atoms with E-state index in [2.05, 4.69) is 49.5 Å². The highest BCUT2D eigenvalue weighted by molar-refractivity contribution is 5.26. The molecule has 0 aromatic carbocycles. The van der Waals surface area contributed by atoms with Gasteiger partial charge in [-0.25, -0.2) is 0 Å². The average molecular weight is 192 g/mol. The van der Waals surface area contributed by atoms with Crippen molar-refractivity contribution in [2.24, 2.45) is 0 Å². The van der Waals surface area contributed by atoms with Crippen LogP contribution in [0.5, 0.6) is 0 Å². The Hall–Kier alpha value is -0.760.